The second-order valence-corrected chi connectivity index (χ2v) is 8.20. The molecule has 170 valence electrons. The van der Waals surface area contributed by atoms with Crippen LogP contribution in [0.3, 0.4) is 0 Å². The summed E-state index contributed by atoms with van der Waals surface area (Å²) in [6.07, 6.45) is 24.9. The van der Waals surface area contributed by atoms with Crippen LogP contribution in [0.1, 0.15) is 85.5 Å². The quantitative estimate of drug-likeness (QED) is 0.228. The van der Waals surface area contributed by atoms with Crippen LogP contribution >= 0.6 is 0 Å². The van der Waals surface area contributed by atoms with Gasteiger partial charge in [-0.1, -0.05) is 68.4 Å². The SMILES string of the molecule is CCCCC/C=C\C/C=C\C/C=C\C/C=C\CCC(NC(=O)OC(C)(C)C)C(=O)O. The molecule has 0 aromatic rings. The molecule has 0 aliphatic carbocycles. The van der Waals surface area contributed by atoms with Crippen LogP contribution in [0.15, 0.2) is 48.6 Å². The lowest BCUT2D eigenvalue weighted by atomic mass is 10.1. The van der Waals surface area contributed by atoms with Gasteiger partial charge in [-0.2, -0.15) is 0 Å². The van der Waals surface area contributed by atoms with Crippen LogP contribution in [0, 0.1) is 0 Å². The maximum atomic E-state index is 11.7. The fourth-order valence-electron chi connectivity index (χ4n) is 2.53. The van der Waals surface area contributed by atoms with E-state index >= 15 is 0 Å². The van der Waals surface area contributed by atoms with Gasteiger partial charge in [-0.25, -0.2) is 9.59 Å². The van der Waals surface area contributed by atoms with E-state index in [0.29, 0.717) is 12.8 Å². The summed E-state index contributed by atoms with van der Waals surface area (Å²) in [5, 5.41) is 11.6. The number of hydrogen-bond donors (Lipinski definition) is 2. The van der Waals surface area contributed by atoms with Gasteiger partial charge in [0.1, 0.15) is 11.6 Å². The first-order chi connectivity index (χ1) is 14.3. The monoisotopic (exact) mass is 419 g/mol. The van der Waals surface area contributed by atoms with Crippen molar-refractivity contribution in [2.24, 2.45) is 0 Å². The van der Waals surface area contributed by atoms with Crippen molar-refractivity contribution in [1.82, 2.24) is 5.32 Å². The van der Waals surface area contributed by atoms with Gasteiger partial charge in [-0.3, -0.25) is 0 Å². The Bertz CT molecular complexity index is 582. The maximum absolute atomic E-state index is 11.7. The van der Waals surface area contributed by atoms with E-state index in [2.05, 4.69) is 48.7 Å². The number of rotatable bonds is 15. The number of allylic oxidation sites excluding steroid dienone is 8. The van der Waals surface area contributed by atoms with Crippen LogP contribution in [-0.2, 0) is 9.53 Å². The van der Waals surface area contributed by atoms with Crippen LogP contribution < -0.4 is 5.32 Å². The molecular formula is C25H41NO4. The smallest absolute Gasteiger partial charge is 0.408 e. The third-order valence-corrected chi connectivity index (χ3v) is 4.07. The van der Waals surface area contributed by atoms with Crippen molar-refractivity contribution < 1.29 is 19.4 Å². The van der Waals surface area contributed by atoms with Gasteiger partial charge in [0.15, 0.2) is 0 Å². The molecule has 1 unspecified atom stereocenters. The Morgan fingerprint density at radius 3 is 1.83 bits per heavy atom. The Labute approximate surface area is 183 Å². The minimum atomic E-state index is -1.06. The molecule has 0 aliphatic heterocycles. The fraction of sp³-hybridized carbons (Fsp3) is 0.600. The summed E-state index contributed by atoms with van der Waals surface area (Å²) in [7, 11) is 0. The zero-order chi connectivity index (χ0) is 22.7. The largest absolute Gasteiger partial charge is 0.480 e. The lowest BCUT2D eigenvalue weighted by molar-refractivity contribution is -0.139. The number of alkyl carbamates (subject to hydrolysis) is 1. The molecule has 1 atom stereocenters. The number of amides is 1. The van der Waals surface area contributed by atoms with Gasteiger partial charge in [-0.05, 0) is 65.7 Å². The van der Waals surface area contributed by atoms with E-state index in [1.807, 2.05) is 12.2 Å². The third kappa shape index (κ3) is 19.0. The molecule has 2 N–H and O–H groups in total. The first-order valence-corrected chi connectivity index (χ1v) is 11.1. The van der Waals surface area contributed by atoms with Crippen molar-refractivity contribution in [3.05, 3.63) is 48.6 Å². The lowest BCUT2D eigenvalue weighted by Crippen LogP contribution is -2.43. The molecule has 0 spiro atoms. The summed E-state index contributed by atoms with van der Waals surface area (Å²) >= 11 is 0. The Morgan fingerprint density at radius 2 is 1.37 bits per heavy atom. The molecule has 0 radical (unpaired) electrons. The summed E-state index contributed by atoms with van der Waals surface area (Å²) in [6, 6.07) is -0.953. The second-order valence-electron chi connectivity index (χ2n) is 8.20. The number of carbonyl (C=O) groups excluding carboxylic acids is 1. The Hall–Kier alpha value is -2.30. The van der Waals surface area contributed by atoms with E-state index in [0.717, 1.165) is 19.3 Å². The molecular weight excluding hydrogens is 378 g/mol. The summed E-state index contributed by atoms with van der Waals surface area (Å²) in [6.45, 7) is 7.43. The van der Waals surface area contributed by atoms with Crippen molar-refractivity contribution >= 4 is 12.1 Å². The molecule has 0 saturated carbocycles. The average Bonchev–Trinajstić information content (AvgIpc) is 2.65. The summed E-state index contributed by atoms with van der Waals surface area (Å²) in [5.74, 6) is -1.06. The van der Waals surface area contributed by atoms with Crippen LogP contribution in [0.2, 0.25) is 0 Å². The van der Waals surface area contributed by atoms with E-state index < -0.39 is 23.7 Å². The van der Waals surface area contributed by atoms with Crippen LogP contribution in [0.4, 0.5) is 4.79 Å². The Kier molecular flexibility index (Phi) is 16.2. The normalized spacial score (nSPS) is 13.6. The Morgan fingerprint density at radius 1 is 0.867 bits per heavy atom. The zero-order valence-electron chi connectivity index (χ0n) is 19.2. The van der Waals surface area contributed by atoms with Gasteiger partial charge < -0.3 is 15.2 Å². The highest BCUT2D eigenvalue weighted by Crippen LogP contribution is 2.08. The number of nitrogens with one attached hydrogen (secondary N) is 1. The van der Waals surface area contributed by atoms with Gasteiger partial charge in [0.25, 0.3) is 0 Å². The maximum Gasteiger partial charge on any atom is 0.408 e. The molecule has 0 saturated heterocycles. The van der Waals surface area contributed by atoms with E-state index in [1.165, 1.54) is 25.7 Å². The third-order valence-electron chi connectivity index (χ3n) is 4.07. The molecule has 5 nitrogen and oxygen atoms in total. The molecule has 0 aromatic carbocycles. The number of carboxylic acid groups (broad SMARTS) is 1. The first kappa shape index (κ1) is 27.7. The fourth-order valence-corrected chi connectivity index (χ4v) is 2.53. The number of ether oxygens (including phenoxy) is 1. The zero-order valence-corrected chi connectivity index (χ0v) is 19.2. The van der Waals surface area contributed by atoms with E-state index in [1.54, 1.807) is 20.8 Å². The number of hydrogen-bond acceptors (Lipinski definition) is 3. The highest BCUT2D eigenvalue weighted by Gasteiger charge is 2.23. The molecule has 0 fully saturated rings. The number of unbranched alkanes of at least 4 members (excludes halogenated alkanes) is 3. The molecule has 0 rings (SSSR count). The minimum absolute atomic E-state index is 0.323. The molecule has 5 heteroatoms. The Balaban J connectivity index is 3.93. The minimum Gasteiger partial charge on any atom is -0.480 e. The topological polar surface area (TPSA) is 75.6 Å². The van der Waals surface area contributed by atoms with Crippen LogP contribution in [-0.4, -0.2) is 28.8 Å². The van der Waals surface area contributed by atoms with Gasteiger partial charge >= 0.3 is 12.1 Å². The number of aliphatic carboxylic acids is 1. The van der Waals surface area contributed by atoms with Gasteiger partial charge in [0, 0.05) is 0 Å². The number of carboxylic acids is 1. The van der Waals surface area contributed by atoms with Crippen molar-refractivity contribution in [1.29, 1.82) is 0 Å². The van der Waals surface area contributed by atoms with Gasteiger partial charge in [0.2, 0.25) is 0 Å². The molecule has 1 amide bonds. The molecule has 0 aliphatic rings. The predicted molar refractivity (Wildman–Crippen MR) is 125 cm³/mol. The lowest BCUT2D eigenvalue weighted by Gasteiger charge is -2.21. The van der Waals surface area contributed by atoms with Crippen LogP contribution in [0.25, 0.3) is 0 Å². The molecule has 0 heterocycles. The first-order valence-electron chi connectivity index (χ1n) is 11.1. The van der Waals surface area contributed by atoms with E-state index in [9.17, 15) is 14.7 Å². The highest BCUT2D eigenvalue weighted by molar-refractivity contribution is 5.79. The summed E-state index contributed by atoms with van der Waals surface area (Å²) in [4.78, 5) is 23.0. The van der Waals surface area contributed by atoms with E-state index in [-0.39, 0.29) is 0 Å². The van der Waals surface area contributed by atoms with Crippen LogP contribution in [0.5, 0.6) is 0 Å². The highest BCUT2D eigenvalue weighted by atomic mass is 16.6. The van der Waals surface area contributed by atoms with Crippen molar-refractivity contribution in [2.75, 3.05) is 0 Å². The second kappa shape index (κ2) is 17.5. The predicted octanol–water partition coefficient (Wildman–Crippen LogP) is 6.72. The van der Waals surface area contributed by atoms with Crippen molar-refractivity contribution in [3.8, 4) is 0 Å². The molecule has 30 heavy (non-hydrogen) atoms. The van der Waals surface area contributed by atoms with Crippen molar-refractivity contribution in [3.63, 3.8) is 0 Å². The van der Waals surface area contributed by atoms with Gasteiger partial charge in [-0.15, -0.1) is 0 Å². The molecule has 0 bridgehead atoms. The number of carbonyl (C=O) groups is 2. The van der Waals surface area contributed by atoms with Crippen molar-refractivity contribution in [2.45, 2.75) is 97.1 Å². The van der Waals surface area contributed by atoms with E-state index in [4.69, 9.17) is 4.74 Å². The van der Waals surface area contributed by atoms with Gasteiger partial charge in [0.05, 0.1) is 0 Å². The molecule has 0 aromatic heterocycles. The summed E-state index contributed by atoms with van der Waals surface area (Å²) < 4.78 is 5.10. The standard InChI is InChI=1S/C25H41NO4/c1-5-6-7-8-9-10-11-12-13-14-15-16-17-18-19-20-21-22(23(27)28)26-24(29)30-25(2,3)4/h9-10,12-13,15-16,18-19,22H,5-8,11,14,17,20-21H2,1-4H3,(H,26,29)(H,27,28)/b10-9-,13-12-,16-15-,19-18-. The average molecular weight is 420 g/mol. The summed E-state index contributed by atoms with van der Waals surface area (Å²) in [5.41, 5.74) is -0.653.